The molecule has 1 aliphatic carbocycles. The maximum absolute atomic E-state index is 12.0. The Labute approximate surface area is 110 Å². The van der Waals surface area contributed by atoms with Gasteiger partial charge in [0.05, 0.1) is 18.1 Å². The lowest BCUT2D eigenvalue weighted by atomic mass is 9.79. The molecule has 1 aliphatic rings. The number of methoxy groups -OCH3 is 1. The van der Waals surface area contributed by atoms with Crippen LogP contribution in [0.25, 0.3) is 0 Å². The highest BCUT2D eigenvalue weighted by molar-refractivity contribution is 5.77. The second kappa shape index (κ2) is 6.02. The van der Waals surface area contributed by atoms with Crippen molar-refractivity contribution >= 4 is 5.97 Å². The van der Waals surface area contributed by atoms with E-state index in [1.165, 1.54) is 20.0 Å². The van der Waals surface area contributed by atoms with E-state index in [4.69, 9.17) is 15.2 Å². The summed E-state index contributed by atoms with van der Waals surface area (Å²) < 4.78 is 10.7. The summed E-state index contributed by atoms with van der Waals surface area (Å²) in [7, 11) is 1.43. The zero-order chi connectivity index (χ0) is 13.8. The molecule has 0 bridgehead atoms. The zero-order valence-electron chi connectivity index (χ0n) is 12.1. The predicted octanol–water partition coefficient (Wildman–Crippen LogP) is 2.11. The van der Waals surface area contributed by atoms with Crippen molar-refractivity contribution in [2.75, 3.05) is 20.3 Å². The van der Waals surface area contributed by atoms with E-state index in [2.05, 4.69) is 0 Å². The number of ether oxygens (including phenoxy) is 2. The van der Waals surface area contributed by atoms with E-state index in [0.717, 1.165) is 6.42 Å². The SMILES string of the molecule is COC(=O)C(CN)(CCOC(C)(C)C)CC1CC1. The number of rotatable bonds is 7. The summed E-state index contributed by atoms with van der Waals surface area (Å²) in [6.45, 7) is 6.91. The highest BCUT2D eigenvalue weighted by Crippen LogP contribution is 2.42. The topological polar surface area (TPSA) is 61.5 Å². The summed E-state index contributed by atoms with van der Waals surface area (Å²) in [6.07, 6.45) is 3.89. The number of carbonyl (C=O) groups is 1. The lowest BCUT2D eigenvalue weighted by molar-refractivity contribution is -0.155. The predicted molar refractivity (Wildman–Crippen MR) is 71.2 cm³/mol. The number of hydrogen-bond acceptors (Lipinski definition) is 4. The van der Waals surface area contributed by atoms with Gasteiger partial charge in [0.1, 0.15) is 0 Å². The van der Waals surface area contributed by atoms with Gasteiger partial charge in [-0.15, -0.1) is 0 Å². The fourth-order valence-corrected chi connectivity index (χ4v) is 2.20. The summed E-state index contributed by atoms with van der Waals surface area (Å²) >= 11 is 0. The Hall–Kier alpha value is -0.610. The zero-order valence-corrected chi connectivity index (χ0v) is 12.1. The van der Waals surface area contributed by atoms with E-state index >= 15 is 0 Å². The summed E-state index contributed by atoms with van der Waals surface area (Å²) in [4.78, 5) is 12.0. The van der Waals surface area contributed by atoms with E-state index in [1.807, 2.05) is 20.8 Å². The fraction of sp³-hybridized carbons (Fsp3) is 0.929. The smallest absolute Gasteiger partial charge is 0.313 e. The van der Waals surface area contributed by atoms with Gasteiger partial charge in [-0.05, 0) is 39.5 Å². The number of carbonyl (C=O) groups excluding carboxylic acids is 1. The van der Waals surface area contributed by atoms with Gasteiger partial charge in [-0.25, -0.2) is 0 Å². The van der Waals surface area contributed by atoms with Crippen LogP contribution in [0, 0.1) is 11.3 Å². The van der Waals surface area contributed by atoms with Crippen molar-refractivity contribution in [3.05, 3.63) is 0 Å². The van der Waals surface area contributed by atoms with Gasteiger partial charge in [0.2, 0.25) is 0 Å². The van der Waals surface area contributed by atoms with Gasteiger partial charge in [0, 0.05) is 13.2 Å². The molecule has 0 spiro atoms. The molecule has 1 saturated carbocycles. The monoisotopic (exact) mass is 257 g/mol. The van der Waals surface area contributed by atoms with E-state index in [0.29, 0.717) is 25.5 Å². The molecule has 0 aromatic carbocycles. The Morgan fingerprint density at radius 1 is 1.33 bits per heavy atom. The minimum Gasteiger partial charge on any atom is -0.469 e. The summed E-state index contributed by atoms with van der Waals surface area (Å²) in [5, 5.41) is 0. The van der Waals surface area contributed by atoms with Crippen LogP contribution in [0.3, 0.4) is 0 Å². The van der Waals surface area contributed by atoms with Crippen LogP contribution < -0.4 is 5.73 Å². The molecule has 0 aromatic heterocycles. The van der Waals surface area contributed by atoms with Crippen molar-refractivity contribution in [3.63, 3.8) is 0 Å². The first kappa shape index (κ1) is 15.4. The third-order valence-electron chi connectivity index (χ3n) is 3.50. The van der Waals surface area contributed by atoms with Gasteiger partial charge in [0.15, 0.2) is 0 Å². The third kappa shape index (κ3) is 4.58. The summed E-state index contributed by atoms with van der Waals surface area (Å²) in [5.74, 6) is 0.455. The van der Waals surface area contributed by atoms with E-state index in [-0.39, 0.29) is 11.6 Å². The molecular weight excluding hydrogens is 230 g/mol. The lowest BCUT2D eigenvalue weighted by Crippen LogP contribution is -2.41. The van der Waals surface area contributed by atoms with Gasteiger partial charge >= 0.3 is 5.97 Å². The van der Waals surface area contributed by atoms with Crippen LogP contribution in [0.4, 0.5) is 0 Å². The fourth-order valence-electron chi connectivity index (χ4n) is 2.20. The Morgan fingerprint density at radius 2 is 1.94 bits per heavy atom. The molecule has 1 rings (SSSR count). The Kier molecular flexibility index (Phi) is 5.17. The minimum absolute atomic E-state index is 0.184. The molecule has 0 amide bonds. The first-order valence-electron chi connectivity index (χ1n) is 6.75. The first-order chi connectivity index (χ1) is 8.33. The minimum atomic E-state index is -0.554. The van der Waals surface area contributed by atoms with Gasteiger partial charge in [-0.1, -0.05) is 12.8 Å². The Balaban J connectivity index is 2.60. The molecule has 1 fully saturated rings. The van der Waals surface area contributed by atoms with Gasteiger partial charge in [-0.3, -0.25) is 4.79 Å². The number of esters is 1. The standard InChI is InChI=1S/C14H27NO3/c1-13(2,3)18-8-7-14(10-15,12(16)17-4)9-11-5-6-11/h11H,5-10,15H2,1-4H3. The second-order valence-electron chi connectivity index (χ2n) is 6.33. The molecule has 4 heteroatoms. The van der Waals surface area contributed by atoms with Gasteiger partial charge < -0.3 is 15.2 Å². The largest absolute Gasteiger partial charge is 0.469 e. The van der Waals surface area contributed by atoms with Gasteiger partial charge in [-0.2, -0.15) is 0 Å². The highest BCUT2D eigenvalue weighted by atomic mass is 16.5. The van der Waals surface area contributed by atoms with Crippen molar-refractivity contribution < 1.29 is 14.3 Å². The number of nitrogens with two attached hydrogens (primary N) is 1. The maximum atomic E-state index is 12.0. The summed E-state index contributed by atoms with van der Waals surface area (Å²) in [6, 6.07) is 0. The second-order valence-corrected chi connectivity index (χ2v) is 6.33. The Morgan fingerprint density at radius 3 is 2.33 bits per heavy atom. The van der Waals surface area contributed by atoms with Crippen LogP contribution in [-0.4, -0.2) is 31.8 Å². The molecule has 106 valence electrons. The maximum Gasteiger partial charge on any atom is 0.313 e. The van der Waals surface area contributed by atoms with E-state index in [1.54, 1.807) is 0 Å². The third-order valence-corrected chi connectivity index (χ3v) is 3.50. The summed E-state index contributed by atoms with van der Waals surface area (Å²) in [5.41, 5.74) is 5.11. The molecule has 0 saturated heterocycles. The van der Waals surface area contributed by atoms with Crippen molar-refractivity contribution in [2.24, 2.45) is 17.1 Å². The average Bonchev–Trinajstić information content (AvgIpc) is 3.08. The first-order valence-corrected chi connectivity index (χ1v) is 6.75. The van der Waals surface area contributed by atoms with Gasteiger partial charge in [0.25, 0.3) is 0 Å². The molecule has 1 atom stereocenters. The van der Waals surface area contributed by atoms with Crippen LogP contribution >= 0.6 is 0 Å². The quantitative estimate of drug-likeness (QED) is 0.710. The normalized spacial score (nSPS) is 19.4. The van der Waals surface area contributed by atoms with Crippen LogP contribution in [0.15, 0.2) is 0 Å². The highest BCUT2D eigenvalue weighted by Gasteiger charge is 2.42. The van der Waals surface area contributed by atoms with Crippen LogP contribution in [-0.2, 0) is 14.3 Å². The van der Waals surface area contributed by atoms with Crippen molar-refractivity contribution in [2.45, 2.75) is 52.1 Å². The molecule has 18 heavy (non-hydrogen) atoms. The molecule has 2 N–H and O–H groups in total. The molecular formula is C14H27NO3. The molecule has 0 heterocycles. The Bertz CT molecular complexity index is 281. The van der Waals surface area contributed by atoms with Crippen LogP contribution in [0.2, 0.25) is 0 Å². The van der Waals surface area contributed by atoms with Crippen molar-refractivity contribution in [1.29, 1.82) is 0 Å². The molecule has 4 nitrogen and oxygen atoms in total. The van der Waals surface area contributed by atoms with Crippen molar-refractivity contribution in [1.82, 2.24) is 0 Å². The number of hydrogen-bond donors (Lipinski definition) is 1. The van der Waals surface area contributed by atoms with Crippen LogP contribution in [0.5, 0.6) is 0 Å². The van der Waals surface area contributed by atoms with E-state index in [9.17, 15) is 4.79 Å². The molecule has 0 aromatic rings. The van der Waals surface area contributed by atoms with Crippen LogP contribution in [0.1, 0.15) is 46.5 Å². The molecule has 0 radical (unpaired) electrons. The van der Waals surface area contributed by atoms with Crippen molar-refractivity contribution in [3.8, 4) is 0 Å². The molecule has 1 unspecified atom stereocenters. The lowest BCUT2D eigenvalue weighted by Gasteiger charge is -2.31. The average molecular weight is 257 g/mol. The molecule has 0 aliphatic heterocycles. The van der Waals surface area contributed by atoms with E-state index < -0.39 is 5.41 Å².